The maximum Gasteiger partial charge on any atom is 0.124 e. The molecule has 0 radical (unpaired) electrons. The molecule has 0 saturated carbocycles. The second-order valence-electron chi connectivity index (χ2n) is 3.61. The van der Waals surface area contributed by atoms with E-state index < -0.39 is 0 Å². The highest BCUT2D eigenvalue weighted by atomic mass is 127. The van der Waals surface area contributed by atoms with Crippen LogP contribution in [0.3, 0.4) is 0 Å². The SMILES string of the molecule is CC1CN(c2ccc(F)cc2I)C1. The van der Waals surface area contributed by atoms with Gasteiger partial charge in [0.1, 0.15) is 5.82 Å². The Labute approximate surface area is 91.1 Å². The maximum atomic E-state index is 12.8. The van der Waals surface area contributed by atoms with E-state index in [1.807, 2.05) is 6.07 Å². The first-order chi connectivity index (χ1) is 6.16. The summed E-state index contributed by atoms with van der Waals surface area (Å²) in [6.45, 7) is 4.43. The fourth-order valence-corrected chi connectivity index (χ4v) is 2.45. The molecular formula is C10H11FIN. The Morgan fingerprint density at radius 3 is 2.69 bits per heavy atom. The van der Waals surface area contributed by atoms with Gasteiger partial charge in [-0.1, -0.05) is 6.92 Å². The summed E-state index contributed by atoms with van der Waals surface area (Å²) in [5.41, 5.74) is 1.17. The zero-order valence-corrected chi connectivity index (χ0v) is 9.58. The van der Waals surface area contributed by atoms with Crippen molar-refractivity contribution in [3.8, 4) is 0 Å². The first-order valence-corrected chi connectivity index (χ1v) is 5.44. The average molecular weight is 291 g/mol. The van der Waals surface area contributed by atoms with Crippen LogP contribution in [0, 0.1) is 15.3 Å². The van der Waals surface area contributed by atoms with Gasteiger partial charge in [-0.15, -0.1) is 0 Å². The zero-order valence-electron chi connectivity index (χ0n) is 7.43. The standard InChI is InChI=1S/C10H11FIN/c1-7-5-13(6-7)10-3-2-8(11)4-9(10)12/h2-4,7H,5-6H2,1H3. The second-order valence-corrected chi connectivity index (χ2v) is 4.77. The monoisotopic (exact) mass is 291 g/mol. The zero-order chi connectivity index (χ0) is 9.42. The van der Waals surface area contributed by atoms with Crippen molar-refractivity contribution in [3.63, 3.8) is 0 Å². The molecular weight excluding hydrogens is 280 g/mol. The summed E-state index contributed by atoms with van der Waals surface area (Å²) in [5.74, 6) is 0.627. The normalized spacial score (nSPS) is 17.3. The Morgan fingerprint density at radius 1 is 1.46 bits per heavy atom. The number of anilines is 1. The highest BCUT2D eigenvalue weighted by Crippen LogP contribution is 2.29. The third-order valence-corrected chi connectivity index (χ3v) is 3.18. The lowest BCUT2D eigenvalue weighted by atomic mass is 10.0. The van der Waals surface area contributed by atoms with Crippen LogP contribution in [0.25, 0.3) is 0 Å². The summed E-state index contributed by atoms with van der Waals surface area (Å²) in [6.07, 6.45) is 0. The molecule has 1 aliphatic heterocycles. The molecule has 1 aliphatic rings. The van der Waals surface area contributed by atoms with Crippen molar-refractivity contribution in [1.29, 1.82) is 0 Å². The fourth-order valence-electron chi connectivity index (χ4n) is 1.63. The first-order valence-electron chi connectivity index (χ1n) is 4.37. The van der Waals surface area contributed by atoms with Crippen LogP contribution in [0.15, 0.2) is 18.2 Å². The van der Waals surface area contributed by atoms with E-state index in [0.29, 0.717) is 0 Å². The van der Waals surface area contributed by atoms with Gasteiger partial charge in [0.25, 0.3) is 0 Å². The lowest BCUT2D eigenvalue weighted by Gasteiger charge is -2.39. The number of hydrogen-bond donors (Lipinski definition) is 0. The lowest BCUT2D eigenvalue weighted by molar-refractivity contribution is 0.446. The minimum Gasteiger partial charge on any atom is -0.370 e. The van der Waals surface area contributed by atoms with Gasteiger partial charge in [0.2, 0.25) is 0 Å². The molecule has 0 bridgehead atoms. The molecule has 2 rings (SSSR count). The molecule has 70 valence electrons. The second kappa shape index (κ2) is 3.44. The smallest absolute Gasteiger partial charge is 0.124 e. The topological polar surface area (TPSA) is 3.24 Å². The minimum atomic E-state index is -0.151. The molecule has 0 aliphatic carbocycles. The molecule has 1 aromatic rings. The van der Waals surface area contributed by atoms with Gasteiger partial charge in [0.05, 0.1) is 5.69 Å². The quantitative estimate of drug-likeness (QED) is 0.719. The van der Waals surface area contributed by atoms with Gasteiger partial charge in [-0.3, -0.25) is 0 Å². The van der Waals surface area contributed by atoms with E-state index in [2.05, 4.69) is 34.4 Å². The molecule has 13 heavy (non-hydrogen) atoms. The van der Waals surface area contributed by atoms with Crippen molar-refractivity contribution in [1.82, 2.24) is 0 Å². The summed E-state index contributed by atoms with van der Waals surface area (Å²) in [7, 11) is 0. The van der Waals surface area contributed by atoms with Gasteiger partial charge in [0.15, 0.2) is 0 Å². The van der Waals surface area contributed by atoms with Crippen molar-refractivity contribution < 1.29 is 4.39 Å². The number of benzene rings is 1. The molecule has 0 aromatic heterocycles. The van der Waals surface area contributed by atoms with E-state index in [4.69, 9.17) is 0 Å². The first kappa shape index (κ1) is 9.24. The average Bonchev–Trinajstić information content (AvgIpc) is 2.00. The molecule has 0 atom stereocenters. The van der Waals surface area contributed by atoms with Crippen LogP contribution < -0.4 is 4.90 Å². The molecule has 0 amide bonds. The molecule has 3 heteroatoms. The Morgan fingerprint density at radius 2 is 2.15 bits per heavy atom. The highest BCUT2D eigenvalue weighted by Gasteiger charge is 2.23. The van der Waals surface area contributed by atoms with Gasteiger partial charge in [-0.2, -0.15) is 0 Å². The van der Waals surface area contributed by atoms with Gasteiger partial charge in [-0.25, -0.2) is 4.39 Å². The molecule has 1 aromatic carbocycles. The van der Waals surface area contributed by atoms with E-state index in [-0.39, 0.29) is 5.82 Å². The molecule has 1 fully saturated rings. The lowest BCUT2D eigenvalue weighted by Crippen LogP contribution is -2.45. The van der Waals surface area contributed by atoms with E-state index in [0.717, 1.165) is 22.6 Å². The summed E-state index contributed by atoms with van der Waals surface area (Å²) < 4.78 is 13.8. The largest absolute Gasteiger partial charge is 0.370 e. The Kier molecular flexibility index (Phi) is 2.45. The van der Waals surface area contributed by atoms with Gasteiger partial charge >= 0.3 is 0 Å². The minimum absolute atomic E-state index is 0.151. The predicted molar refractivity (Wildman–Crippen MR) is 60.5 cm³/mol. The fraction of sp³-hybridized carbons (Fsp3) is 0.400. The Bertz CT molecular complexity index is 321. The van der Waals surface area contributed by atoms with Crippen LogP contribution >= 0.6 is 22.6 Å². The van der Waals surface area contributed by atoms with Crippen LogP contribution in [0.1, 0.15) is 6.92 Å². The Balaban J connectivity index is 2.21. The number of halogens is 2. The molecule has 1 nitrogen and oxygen atoms in total. The predicted octanol–water partition coefficient (Wildman–Crippen LogP) is 2.89. The molecule has 0 N–H and O–H groups in total. The van der Waals surface area contributed by atoms with Crippen LogP contribution in [-0.2, 0) is 0 Å². The van der Waals surface area contributed by atoms with Crippen LogP contribution in [0.5, 0.6) is 0 Å². The van der Waals surface area contributed by atoms with Crippen molar-refractivity contribution >= 4 is 28.3 Å². The van der Waals surface area contributed by atoms with E-state index in [9.17, 15) is 4.39 Å². The summed E-state index contributed by atoms with van der Waals surface area (Å²) in [5, 5.41) is 0. The number of hydrogen-bond acceptors (Lipinski definition) is 1. The summed E-state index contributed by atoms with van der Waals surface area (Å²) in [6, 6.07) is 4.97. The van der Waals surface area contributed by atoms with Crippen molar-refractivity contribution in [2.45, 2.75) is 6.92 Å². The molecule has 1 saturated heterocycles. The van der Waals surface area contributed by atoms with Gasteiger partial charge in [-0.05, 0) is 46.7 Å². The van der Waals surface area contributed by atoms with Crippen LogP contribution in [0.4, 0.5) is 10.1 Å². The van der Waals surface area contributed by atoms with E-state index in [1.165, 1.54) is 11.8 Å². The third-order valence-electron chi connectivity index (χ3n) is 2.31. The van der Waals surface area contributed by atoms with Crippen molar-refractivity contribution in [2.75, 3.05) is 18.0 Å². The van der Waals surface area contributed by atoms with Crippen LogP contribution in [-0.4, -0.2) is 13.1 Å². The number of rotatable bonds is 1. The van der Waals surface area contributed by atoms with Crippen LogP contribution in [0.2, 0.25) is 0 Å². The third kappa shape index (κ3) is 1.80. The van der Waals surface area contributed by atoms with E-state index in [1.54, 1.807) is 6.07 Å². The Hall–Kier alpha value is -0.320. The van der Waals surface area contributed by atoms with Crippen molar-refractivity contribution in [2.24, 2.45) is 5.92 Å². The number of nitrogens with zero attached hydrogens (tertiary/aromatic N) is 1. The highest BCUT2D eigenvalue weighted by molar-refractivity contribution is 14.1. The summed E-state index contributed by atoms with van der Waals surface area (Å²) >= 11 is 2.18. The molecule has 0 unspecified atom stereocenters. The van der Waals surface area contributed by atoms with Gasteiger partial charge < -0.3 is 4.90 Å². The van der Waals surface area contributed by atoms with Crippen molar-refractivity contribution in [3.05, 3.63) is 27.6 Å². The maximum absolute atomic E-state index is 12.8. The van der Waals surface area contributed by atoms with E-state index >= 15 is 0 Å². The van der Waals surface area contributed by atoms with Gasteiger partial charge in [0, 0.05) is 16.7 Å². The summed E-state index contributed by atoms with van der Waals surface area (Å²) in [4.78, 5) is 2.28. The molecule has 1 heterocycles. The molecule has 0 spiro atoms.